The van der Waals surface area contributed by atoms with Crippen molar-refractivity contribution in [3.05, 3.63) is 66.5 Å². The number of anilines is 1. The van der Waals surface area contributed by atoms with Gasteiger partial charge in [-0.15, -0.1) is 10.2 Å². The van der Waals surface area contributed by atoms with Gasteiger partial charge in [-0.1, -0.05) is 18.2 Å². The summed E-state index contributed by atoms with van der Waals surface area (Å²) in [6.45, 7) is 2.14. The zero-order valence-corrected chi connectivity index (χ0v) is 21.1. The number of hydrogen-bond donors (Lipinski definition) is 1. The van der Waals surface area contributed by atoms with E-state index in [-0.39, 0.29) is 6.42 Å². The molecule has 7 nitrogen and oxygen atoms in total. The third-order valence-corrected chi connectivity index (χ3v) is 6.86. The molecule has 1 N–H and O–H groups in total. The first-order chi connectivity index (χ1) is 18.2. The third kappa shape index (κ3) is 6.36. The maximum atomic E-state index is 12.4. The van der Waals surface area contributed by atoms with E-state index in [9.17, 15) is 18.0 Å². The Morgan fingerprint density at radius 2 is 1.87 bits per heavy atom. The number of imidazole rings is 1. The number of ketones is 1. The molecule has 0 aliphatic carbocycles. The summed E-state index contributed by atoms with van der Waals surface area (Å²) in [4.78, 5) is 18.9. The van der Waals surface area contributed by atoms with Crippen molar-refractivity contribution >= 4 is 17.2 Å². The van der Waals surface area contributed by atoms with E-state index in [1.807, 2.05) is 47.0 Å². The zero-order valence-electron chi connectivity index (χ0n) is 21.1. The first-order valence-corrected chi connectivity index (χ1v) is 12.7. The quantitative estimate of drug-likeness (QED) is 0.333. The minimum absolute atomic E-state index is 0.0356. The SMILES string of the molecule is CN1CCC(Nc2ccc(-c3ccn4c(-c5cccc(CC(=O)CCC(F)(F)F)c5)cnc4c3)nn2)CC1. The molecule has 4 heterocycles. The van der Waals surface area contributed by atoms with Crippen LogP contribution in [0.2, 0.25) is 0 Å². The van der Waals surface area contributed by atoms with Crippen molar-refractivity contribution < 1.29 is 18.0 Å². The zero-order chi connectivity index (χ0) is 26.7. The molecule has 38 heavy (non-hydrogen) atoms. The molecule has 0 spiro atoms. The highest BCUT2D eigenvalue weighted by atomic mass is 19.4. The van der Waals surface area contributed by atoms with Gasteiger partial charge < -0.3 is 10.2 Å². The summed E-state index contributed by atoms with van der Waals surface area (Å²) >= 11 is 0. The summed E-state index contributed by atoms with van der Waals surface area (Å²) < 4.78 is 39.2. The summed E-state index contributed by atoms with van der Waals surface area (Å²) in [7, 11) is 2.14. The van der Waals surface area contributed by atoms with Crippen molar-refractivity contribution in [3.8, 4) is 22.5 Å². The van der Waals surface area contributed by atoms with Crippen molar-refractivity contribution in [2.45, 2.75) is 44.3 Å². The molecule has 1 aromatic carbocycles. The Balaban J connectivity index is 1.28. The van der Waals surface area contributed by atoms with Gasteiger partial charge in [0.05, 0.1) is 24.0 Å². The molecule has 0 atom stereocenters. The number of aromatic nitrogens is 4. The van der Waals surface area contributed by atoms with Gasteiger partial charge in [-0.2, -0.15) is 13.2 Å². The van der Waals surface area contributed by atoms with Gasteiger partial charge in [-0.25, -0.2) is 4.98 Å². The van der Waals surface area contributed by atoms with E-state index in [4.69, 9.17) is 0 Å². The van der Waals surface area contributed by atoms with E-state index in [0.29, 0.717) is 11.6 Å². The normalized spacial score (nSPS) is 15.2. The molecule has 1 aliphatic heterocycles. The van der Waals surface area contributed by atoms with Crippen LogP contribution in [0, 0.1) is 0 Å². The molecule has 5 rings (SSSR count). The van der Waals surface area contributed by atoms with Crippen molar-refractivity contribution in [2.24, 2.45) is 0 Å². The lowest BCUT2D eigenvalue weighted by molar-refractivity contribution is -0.143. The lowest BCUT2D eigenvalue weighted by Crippen LogP contribution is -2.36. The van der Waals surface area contributed by atoms with Crippen molar-refractivity contribution in [2.75, 3.05) is 25.5 Å². The van der Waals surface area contributed by atoms with E-state index in [1.165, 1.54) is 0 Å². The van der Waals surface area contributed by atoms with Gasteiger partial charge in [0.1, 0.15) is 17.2 Å². The number of rotatable bonds is 8. The van der Waals surface area contributed by atoms with Gasteiger partial charge in [0.15, 0.2) is 0 Å². The molecular formula is C28H29F3N6O. The maximum absolute atomic E-state index is 12.4. The lowest BCUT2D eigenvalue weighted by Gasteiger charge is -2.29. The van der Waals surface area contributed by atoms with Gasteiger partial charge in [-0.05, 0) is 68.9 Å². The molecule has 10 heteroatoms. The summed E-state index contributed by atoms with van der Waals surface area (Å²) in [6.07, 6.45) is -0.167. The van der Waals surface area contributed by atoms with Crippen LogP contribution in [0.4, 0.5) is 19.0 Å². The molecule has 0 saturated carbocycles. The molecule has 0 radical (unpaired) electrons. The Morgan fingerprint density at radius 1 is 1.05 bits per heavy atom. The van der Waals surface area contributed by atoms with Gasteiger partial charge >= 0.3 is 6.18 Å². The molecule has 3 aromatic heterocycles. The number of Topliss-reactive ketones (excluding diaryl/α,β-unsaturated/α-hetero) is 1. The Morgan fingerprint density at radius 3 is 2.61 bits per heavy atom. The van der Waals surface area contributed by atoms with Crippen molar-refractivity contribution in [1.82, 2.24) is 24.5 Å². The average Bonchev–Trinajstić information content (AvgIpc) is 3.32. The lowest BCUT2D eigenvalue weighted by atomic mass is 10.0. The standard InChI is InChI=1S/C28H29F3N6O/c1-36-12-9-22(10-13-36)33-26-6-5-24(34-35-26)20-8-14-37-25(18-32-27(37)17-20)21-4-2-3-19(15-21)16-23(38)7-11-28(29,30)31/h2-6,8,14-15,17-18,22H,7,9-13,16H2,1H3,(H,33,35). The fourth-order valence-corrected chi connectivity index (χ4v) is 4.72. The summed E-state index contributed by atoms with van der Waals surface area (Å²) in [5.74, 6) is 0.334. The number of halogens is 3. The number of likely N-dealkylation sites (tertiary alicyclic amines) is 1. The van der Waals surface area contributed by atoms with Crippen LogP contribution in [0.5, 0.6) is 0 Å². The number of carbonyl (C=O) groups excluding carboxylic acids is 1. The van der Waals surface area contributed by atoms with Crippen LogP contribution in [0.1, 0.15) is 31.2 Å². The second kappa shape index (κ2) is 10.9. The largest absolute Gasteiger partial charge is 0.389 e. The fourth-order valence-electron chi connectivity index (χ4n) is 4.72. The van der Waals surface area contributed by atoms with Crippen LogP contribution in [-0.4, -0.2) is 62.6 Å². The summed E-state index contributed by atoms with van der Waals surface area (Å²) in [6, 6.07) is 15.4. The minimum atomic E-state index is -4.33. The summed E-state index contributed by atoms with van der Waals surface area (Å²) in [5, 5.41) is 12.3. The summed E-state index contributed by atoms with van der Waals surface area (Å²) in [5.41, 5.74) is 4.67. The number of nitrogens with zero attached hydrogens (tertiary/aromatic N) is 5. The molecule has 4 aromatic rings. The van der Waals surface area contributed by atoms with Crippen LogP contribution >= 0.6 is 0 Å². The highest BCUT2D eigenvalue weighted by Gasteiger charge is 2.27. The second-order valence-corrected chi connectivity index (χ2v) is 9.84. The Hall–Kier alpha value is -3.79. The fraction of sp³-hybridized carbons (Fsp3) is 0.357. The monoisotopic (exact) mass is 522 g/mol. The average molecular weight is 523 g/mol. The van der Waals surface area contributed by atoms with Crippen molar-refractivity contribution in [1.29, 1.82) is 0 Å². The predicted octanol–water partition coefficient (Wildman–Crippen LogP) is 5.42. The Kier molecular flexibility index (Phi) is 7.42. The smallest absolute Gasteiger partial charge is 0.366 e. The molecule has 1 saturated heterocycles. The number of piperidine rings is 1. The van der Waals surface area contributed by atoms with E-state index < -0.39 is 24.8 Å². The van der Waals surface area contributed by atoms with Crippen LogP contribution in [-0.2, 0) is 11.2 Å². The number of hydrogen-bond acceptors (Lipinski definition) is 6. The first kappa shape index (κ1) is 25.8. The molecule has 0 unspecified atom stereocenters. The van der Waals surface area contributed by atoms with Crippen LogP contribution in [0.15, 0.2) is 60.9 Å². The van der Waals surface area contributed by atoms with Gasteiger partial charge in [-0.3, -0.25) is 9.20 Å². The molecule has 1 aliphatic rings. The maximum Gasteiger partial charge on any atom is 0.389 e. The van der Waals surface area contributed by atoms with E-state index in [0.717, 1.165) is 59.9 Å². The number of fused-ring (bicyclic) bond motifs is 1. The minimum Gasteiger partial charge on any atom is -0.366 e. The van der Waals surface area contributed by atoms with E-state index in [2.05, 4.69) is 32.4 Å². The highest BCUT2D eigenvalue weighted by Crippen LogP contribution is 2.26. The van der Waals surface area contributed by atoms with Crippen LogP contribution in [0.25, 0.3) is 28.2 Å². The Bertz CT molecular complexity index is 1410. The number of pyridine rings is 1. The molecule has 0 bridgehead atoms. The van der Waals surface area contributed by atoms with Gasteiger partial charge in [0.25, 0.3) is 0 Å². The highest BCUT2D eigenvalue weighted by molar-refractivity contribution is 5.81. The molecule has 0 amide bonds. The number of nitrogens with one attached hydrogen (secondary N) is 1. The second-order valence-electron chi connectivity index (χ2n) is 9.84. The van der Waals surface area contributed by atoms with Crippen LogP contribution in [0.3, 0.4) is 0 Å². The van der Waals surface area contributed by atoms with E-state index >= 15 is 0 Å². The van der Waals surface area contributed by atoms with Crippen LogP contribution < -0.4 is 5.32 Å². The van der Waals surface area contributed by atoms with Gasteiger partial charge in [0.2, 0.25) is 0 Å². The van der Waals surface area contributed by atoms with Crippen molar-refractivity contribution in [3.63, 3.8) is 0 Å². The third-order valence-electron chi connectivity index (χ3n) is 6.86. The first-order valence-electron chi connectivity index (χ1n) is 12.7. The molecule has 198 valence electrons. The molecular weight excluding hydrogens is 493 g/mol. The Labute approximate surface area is 218 Å². The number of benzene rings is 1. The molecule has 1 fully saturated rings. The number of alkyl halides is 3. The number of carbonyl (C=O) groups is 1. The predicted molar refractivity (Wildman–Crippen MR) is 140 cm³/mol. The topological polar surface area (TPSA) is 75.4 Å². The van der Waals surface area contributed by atoms with Gasteiger partial charge in [0, 0.05) is 36.2 Å². The van der Waals surface area contributed by atoms with E-state index in [1.54, 1.807) is 18.3 Å².